The highest BCUT2D eigenvalue weighted by atomic mass is 16.5. The van der Waals surface area contributed by atoms with Gasteiger partial charge in [0.05, 0.1) is 6.10 Å². The maximum atomic E-state index is 6.38. The summed E-state index contributed by atoms with van der Waals surface area (Å²) in [5, 5.41) is 0. The second-order valence-corrected chi connectivity index (χ2v) is 11.5. The molecule has 0 aromatic heterocycles. The van der Waals surface area contributed by atoms with E-state index in [0.717, 1.165) is 36.2 Å². The Bertz CT molecular complexity index is 563. The van der Waals surface area contributed by atoms with Gasteiger partial charge in [0.1, 0.15) is 0 Å². The van der Waals surface area contributed by atoms with E-state index in [0.29, 0.717) is 16.9 Å². The molecule has 0 saturated heterocycles. The van der Waals surface area contributed by atoms with Crippen LogP contribution in [0, 0.1) is 40.4 Å². The van der Waals surface area contributed by atoms with Gasteiger partial charge in [-0.2, -0.15) is 0 Å². The predicted molar refractivity (Wildman–Crippen MR) is 115 cm³/mol. The van der Waals surface area contributed by atoms with Gasteiger partial charge in [-0.1, -0.05) is 45.8 Å². The van der Waals surface area contributed by atoms with Gasteiger partial charge in [-0.05, 0) is 105 Å². The summed E-state index contributed by atoms with van der Waals surface area (Å²) in [6.45, 7) is 13.2. The number of hydrogen-bond donors (Lipinski definition) is 0. The van der Waals surface area contributed by atoms with Crippen molar-refractivity contribution in [1.82, 2.24) is 0 Å². The van der Waals surface area contributed by atoms with Crippen molar-refractivity contribution in [2.24, 2.45) is 40.4 Å². The second-order valence-electron chi connectivity index (χ2n) is 11.5. The lowest BCUT2D eigenvalue weighted by atomic mass is 9.47. The Morgan fingerprint density at radius 1 is 1.04 bits per heavy atom. The lowest BCUT2D eigenvalue weighted by molar-refractivity contribution is -0.0784. The quantitative estimate of drug-likeness (QED) is 0.457. The van der Waals surface area contributed by atoms with E-state index in [1.807, 2.05) is 5.57 Å². The molecule has 0 bridgehead atoms. The molecule has 4 aliphatic carbocycles. The van der Waals surface area contributed by atoms with Crippen LogP contribution in [0.3, 0.4) is 0 Å². The van der Waals surface area contributed by atoms with Crippen LogP contribution in [0.4, 0.5) is 0 Å². The van der Waals surface area contributed by atoms with Crippen LogP contribution in [-0.4, -0.2) is 12.7 Å². The van der Waals surface area contributed by atoms with Crippen LogP contribution in [0.5, 0.6) is 0 Å². The smallest absolute Gasteiger partial charge is 0.0580 e. The average molecular weight is 373 g/mol. The van der Waals surface area contributed by atoms with Crippen LogP contribution < -0.4 is 0 Å². The van der Waals surface area contributed by atoms with E-state index in [1.54, 1.807) is 0 Å². The Kier molecular flexibility index (Phi) is 5.56. The van der Waals surface area contributed by atoms with Gasteiger partial charge in [-0.3, -0.25) is 0 Å². The first-order chi connectivity index (χ1) is 12.9. The first kappa shape index (κ1) is 20.0. The van der Waals surface area contributed by atoms with E-state index in [-0.39, 0.29) is 0 Å². The highest BCUT2D eigenvalue weighted by molar-refractivity contribution is 5.24. The van der Waals surface area contributed by atoms with Gasteiger partial charge in [-0.25, -0.2) is 0 Å². The predicted octanol–water partition coefficient (Wildman–Crippen LogP) is 7.41. The molecule has 0 N–H and O–H groups in total. The molecule has 3 fully saturated rings. The fraction of sp³-hybridized carbons (Fsp3) is 0.923. The summed E-state index contributed by atoms with van der Waals surface area (Å²) >= 11 is 0. The van der Waals surface area contributed by atoms with Crippen molar-refractivity contribution in [1.29, 1.82) is 0 Å². The number of rotatable bonds is 5. The van der Waals surface area contributed by atoms with Crippen LogP contribution in [-0.2, 0) is 4.74 Å². The molecule has 154 valence electrons. The van der Waals surface area contributed by atoms with Gasteiger partial charge in [0.15, 0.2) is 0 Å². The third-order valence-electron chi connectivity index (χ3n) is 9.73. The monoisotopic (exact) mass is 372 g/mol. The standard InChI is InChI=1S/C26H44O/c1-18(2)14-17-27-19(3)22-11-12-23-21-10-9-20-8-6-7-15-25(20,4)24(21)13-16-26(22,23)5/h9,18-19,21-24H,6-8,10-17H2,1-5H3/t19-,21-,22+,23-,24-,25-,26+/m0/s1. The molecule has 4 aliphatic rings. The molecule has 0 spiro atoms. The molecule has 0 unspecified atom stereocenters. The lowest BCUT2D eigenvalue weighted by Crippen LogP contribution is -2.50. The van der Waals surface area contributed by atoms with E-state index in [1.165, 1.54) is 64.2 Å². The molecule has 3 saturated carbocycles. The first-order valence-corrected chi connectivity index (χ1v) is 12.2. The Labute approximate surface area is 168 Å². The Morgan fingerprint density at radius 3 is 2.63 bits per heavy atom. The van der Waals surface area contributed by atoms with Gasteiger partial charge >= 0.3 is 0 Å². The van der Waals surface area contributed by atoms with Crippen LogP contribution in [0.1, 0.15) is 98.8 Å². The SMILES string of the molecule is CC(C)CCO[C@@H](C)[C@H]1CC[C@H]2[C@@H]3CC=C4CCCC[C@]4(C)[C@H]3CC[C@]12C. The average Bonchev–Trinajstić information content (AvgIpc) is 2.98. The van der Waals surface area contributed by atoms with E-state index >= 15 is 0 Å². The second kappa shape index (κ2) is 7.51. The molecular formula is C26H44O. The van der Waals surface area contributed by atoms with Crippen LogP contribution >= 0.6 is 0 Å². The molecule has 0 amide bonds. The van der Waals surface area contributed by atoms with E-state index in [9.17, 15) is 0 Å². The minimum Gasteiger partial charge on any atom is -0.378 e. The summed E-state index contributed by atoms with van der Waals surface area (Å²) in [5.74, 6) is 4.38. The zero-order valence-corrected chi connectivity index (χ0v) is 18.7. The molecule has 4 rings (SSSR count). The van der Waals surface area contributed by atoms with E-state index < -0.39 is 0 Å². The molecule has 0 heterocycles. The largest absolute Gasteiger partial charge is 0.378 e. The van der Waals surface area contributed by atoms with Gasteiger partial charge in [0.25, 0.3) is 0 Å². The van der Waals surface area contributed by atoms with Crippen molar-refractivity contribution in [3.8, 4) is 0 Å². The third kappa shape index (κ3) is 3.34. The Balaban J connectivity index is 1.49. The first-order valence-electron chi connectivity index (χ1n) is 12.2. The molecule has 0 aliphatic heterocycles. The maximum Gasteiger partial charge on any atom is 0.0580 e. The number of ether oxygens (including phenoxy) is 1. The van der Waals surface area contributed by atoms with Gasteiger partial charge < -0.3 is 4.74 Å². The van der Waals surface area contributed by atoms with Crippen molar-refractivity contribution in [3.63, 3.8) is 0 Å². The van der Waals surface area contributed by atoms with Crippen molar-refractivity contribution in [3.05, 3.63) is 11.6 Å². The van der Waals surface area contributed by atoms with Gasteiger partial charge in [0.2, 0.25) is 0 Å². The summed E-state index contributed by atoms with van der Waals surface area (Å²) in [7, 11) is 0. The number of hydrogen-bond acceptors (Lipinski definition) is 1. The molecule has 1 heteroatoms. The fourth-order valence-electron chi connectivity index (χ4n) is 8.12. The van der Waals surface area contributed by atoms with Crippen molar-refractivity contribution in [2.75, 3.05) is 6.61 Å². The summed E-state index contributed by atoms with van der Waals surface area (Å²) in [4.78, 5) is 0. The molecule has 27 heavy (non-hydrogen) atoms. The fourth-order valence-corrected chi connectivity index (χ4v) is 8.12. The van der Waals surface area contributed by atoms with Gasteiger partial charge in [0, 0.05) is 6.61 Å². The van der Waals surface area contributed by atoms with Crippen LogP contribution in [0.15, 0.2) is 11.6 Å². The summed E-state index contributed by atoms with van der Waals surface area (Å²) in [6.07, 6.45) is 17.3. The van der Waals surface area contributed by atoms with Crippen molar-refractivity contribution < 1.29 is 4.74 Å². The van der Waals surface area contributed by atoms with E-state index in [2.05, 4.69) is 40.7 Å². The highest BCUT2D eigenvalue weighted by Crippen LogP contribution is 2.66. The molecule has 7 atom stereocenters. The Morgan fingerprint density at radius 2 is 1.85 bits per heavy atom. The minimum atomic E-state index is 0.440. The third-order valence-corrected chi connectivity index (χ3v) is 9.73. The molecule has 1 nitrogen and oxygen atoms in total. The highest BCUT2D eigenvalue weighted by Gasteiger charge is 2.58. The number of allylic oxidation sites excluding steroid dienone is 2. The van der Waals surface area contributed by atoms with Crippen LogP contribution in [0.2, 0.25) is 0 Å². The summed E-state index contributed by atoms with van der Waals surface area (Å²) < 4.78 is 6.38. The van der Waals surface area contributed by atoms with E-state index in [4.69, 9.17) is 4.74 Å². The lowest BCUT2D eigenvalue weighted by Gasteiger charge is -2.58. The summed E-state index contributed by atoms with van der Waals surface area (Å²) in [5.41, 5.74) is 2.91. The van der Waals surface area contributed by atoms with Crippen molar-refractivity contribution >= 4 is 0 Å². The molecule has 0 aromatic rings. The minimum absolute atomic E-state index is 0.440. The zero-order valence-electron chi connectivity index (χ0n) is 18.7. The molecule has 0 radical (unpaired) electrons. The normalized spacial score (nSPS) is 45.0. The maximum absolute atomic E-state index is 6.38. The molecule has 0 aromatic carbocycles. The zero-order chi connectivity index (χ0) is 19.2. The van der Waals surface area contributed by atoms with Crippen molar-refractivity contribution in [2.45, 2.75) is 105 Å². The van der Waals surface area contributed by atoms with Crippen LogP contribution in [0.25, 0.3) is 0 Å². The Hall–Kier alpha value is -0.300. The van der Waals surface area contributed by atoms with Gasteiger partial charge in [-0.15, -0.1) is 0 Å². The summed E-state index contributed by atoms with van der Waals surface area (Å²) in [6, 6.07) is 0. The topological polar surface area (TPSA) is 9.23 Å². The molecular weight excluding hydrogens is 328 g/mol. The number of fused-ring (bicyclic) bond motifs is 5.